The topological polar surface area (TPSA) is 58.1 Å². The second kappa shape index (κ2) is 6.54. The standard InChI is InChI=1S/C12H19ClN4O/c1-5-9-11(13)14-7-15-12(9)17(4)6-10(18)16-8(2)3/h7-8H,5-6H2,1-4H3,(H,16,18). The number of nitrogens with one attached hydrogen (secondary N) is 1. The number of rotatable bonds is 5. The van der Waals surface area contributed by atoms with Crippen molar-refractivity contribution in [3.63, 3.8) is 0 Å². The first-order valence-corrected chi connectivity index (χ1v) is 6.33. The normalized spacial score (nSPS) is 10.6. The van der Waals surface area contributed by atoms with E-state index in [1.807, 2.05) is 27.8 Å². The monoisotopic (exact) mass is 270 g/mol. The summed E-state index contributed by atoms with van der Waals surface area (Å²) >= 11 is 6.02. The van der Waals surface area contributed by atoms with Gasteiger partial charge in [-0.15, -0.1) is 0 Å². The molecule has 1 N–H and O–H groups in total. The lowest BCUT2D eigenvalue weighted by atomic mass is 10.2. The van der Waals surface area contributed by atoms with Gasteiger partial charge in [-0.3, -0.25) is 4.79 Å². The van der Waals surface area contributed by atoms with Crippen LogP contribution >= 0.6 is 11.6 Å². The molecule has 18 heavy (non-hydrogen) atoms. The molecule has 100 valence electrons. The molecule has 0 aliphatic heterocycles. The van der Waals surface area contributed by atoms with Gasteiger partial charge in [0, 0.05) is 18.7 Å². The number of hydrogen-bond donors (Lipinski definition) is 1. The zero-order chi connectivity index (χ0) is 13.7. The lowest BCUT2D eigenvalue weighted by Gasteiger charge is -2.21. The zero-order valence-electron chi connectivity index (χ0n) is 11.2. The summed E-state index contributed by atoms with van der Waals surface area (Å²) in [6, 6.07) is 0.130. The van der Waals surface area contributed by atoms with Crippen LogP contribution in [0.4, 0.5) is 5.82 Å². The van der Waals surface area contributed by atoms with Crippen LogP contribution < -0.4 is 10.2 Å². The zero-order valence-corrected chi connectivity index (χ0v) is 12.0. The van der Waals surface area contributed by atoms with Crippen molar-refractivity contribution in [1.29, 1.82) is 0 Å². The highest BCUT2D eigenvalue weighted by Gasteiger charge is 2.15. The summed E-state index contributed by atoms with van der Waals surface area (Å²) in [6.45, 7) is 6.09. The lowest BCUT2D eigenvalue weighted by Crippen LogP contribution is -2.39. The number of nitrogens with zero attached hydrogens (tertiary/aromatic N) is 3. The van der Waals surface area contributed by atoms with Crippen LogP contribution in [-0.2, 0) is 11.2 Å². The van der Waals surface area contributed by atoms with Gasteiger partial charge in [0.05, 0.1) is 6.54 Å². The third-order valence-corrected chi connectivity index (χ3v) is 2.74. The van der Waals surface area contributed by atoms with E-state index >= 15 is 0 Å². The third kappa shape index (κ3) is 3.84. The Labute approximate surface area is 113 Å². The first-order valence-electron chi connectivity index (χ1n) is 5.95. The van der Waals surface area contributed by atoms with Gasteiger partial charge in [0.15, 0.2) is 0 Å². The van der Waals surface area contributed by atoms with Crippen LogP contribution in [0.3, 0.4) is 0 Å². The van der Waals surface area contributed by atoms with E-state index < -0.39 is 0 Å². The van der Waals surface area contributed by atoms with Gasteiger partial charge in [0.25, 0.3) is 0 Å². The molecule has 0 saturated heterocycles. The minimum Gasteiger partial charge on any atom is -0.352 e. The van der Waals surface area contributed by atoms with E-state index in [1.54, 1.807) is 4.90 Å². The van der Waals surface area contributed by atoms with Gasteiger partial charge < -0.3 is 10.2 Å². The molecule has 0 saturated carbocycles. The molecule has 0 atom stereocenters. The summed E-state index contributed by atoms with van der Waals surface area (Å²) in [4.78, 5) is 21.6. The highest BCUT2D eigenvalue weighted by atomic mass is 35.5. The molecule has 1 aromatic heterocycles. The van der Waals surface area contributed by atoms with Gasteiger partial charge in [0.1, 0.15) is 17.3 Å². The van der Waals surface area contributed by atoms with Crippen LogP contribution in [0.2, 0.25) is 5.15 Å². The molecule has 0 aromatic carbocycles. The Balaban J connectivity index is 2.81. The largest absolute Gasteiger partial charge is 0.352 e. The Morgan fingerprint density at radius 3 is 2.72 bits per heavy atom. The maximum Gasteiger partial charge on any atom is 0.239 e. The molecule has 0 aliphatic carbocycles. The Morgan fingerprint density at radius 2 is 2.17 bits per heavy atom. The van der Waals surface area contributed by atoms with Crippen molar-refractivity contribution in [3.8, 4) is 0 Å². The van der Waals surface area contributed by atoms with Crippen LogP contribution in [0.5, 0.6) is 0 Å². The molecule has 0 fully saturated rings. The smallest absolute Gasteiger partial charge is 0.239 e. The van der Waals surface area contributed by atoms with Crippen molar-refractivity contribution in [2.24, 2.45) is 0 Å². The summed E-state index contributed by atoms with van der Waals surface area (Å²) in [5.74, 6) is 0.667. The fourth-order valence-electron chi connectivity index (χ4n) is 1.67. The Bertz CT molecular complexity index is 423. The Kier molecular flexibility index (Phi) is 5.34. The van der Waals surface area contributed by atoms with Gasteiger partial charge >= 0.3 is 0 Å². The molecular formula is C12H19ClN4O. The van der Waals surface area contributed by atoms with Gasteiger partial charge in [-0.25, -0.2) is 9.97 Å². The number of aromatic nitrogens is 2. The van der Waals surface area contributed by atoms with Gasteiger partial charge in [-0.2, -0.15) is 0 Å². The second-order valence-electron chi connectivity index (χ2n) is 4.40. The van der Waals surface area contributed by atoms with Crippen molar-refractivity contribution >= 4 is 23.3 Å². The predicted octanol–water partition coefficient (Wildman–Crippen LogP) is 1.65. The third-order valence-electron chi connectivity index (χ3n) is 2.42. The number of hydrogen-bond acceptors (Lipinski definition) is 4. The number of halogens is 1. The number of anilines is 1. The van der Waals surface area contributed by atoms with Crippen molar-refractivity contribution in [2.45, 2.75) is 33.2 Å². The van der Waals surface area contributed by atoms with E-state index in [2.05, 4.69) is 15.3 Å². The first-order chi connectivity index (χ1) is 8.45. The van der Waals surface area contributed by atoms with E-state index in [0.717, 1.165) is 12.0 Å². The molecule has 1 aromatic rings. The molecule has 5 nitrogen and oxygen atoms in total. The van der Waals surface area contributed by atoms with Crippen molar-refractivity contribution in [2.75, 3.05) is 18.5 Å². The van der Waals surface area contributed by atoms with E-state index in [0.29, 0.717) is 11.0 Å². The molecule has 1 heterocycles. The molecule has 0 spiro atoms. The molecule has 0 bridgehead atoms. The van der Waals surface area contributed by atoms with E-state index in [1.165, 1.54) is 6.33 Å². The lowest BCUT2D eigenvalue weighted by molar-refractivity contribution is -0.120. The minimum absolute atomic E-state index is 0.0377. The van der Waals surface area contributed by atoms with Gasteiger partial charge in [0.2, 0.25) is 5.91 Å². The van der Waals surface area contributed by atoms with Gasteiger partial charge in [-0.05, 0) is 20.3 Å². The quantitative estimate of drug-likeness (QED) is 0.827. The average molecular weight is 271 g/mol. The summed E-state index contributed by atoms with van der Waals surface area (Å²) in [6.07, 6.45) is 2.14. The first kappa shape index (κ1) is 14.7. The highest BCUT2D eigenvalue weighted by Crippen LogP contribution is 2.22. The number of likely N-dealkylation sites (N-methyl/N-ethyl adjacent to an activating group) is 1. The van der Waals surface area contributed by atoms with E-state index in [-0.39, 0.29) is 18.5 Å². The minimum atomic E-state index is -0.0377. The van der Waals surface area contributed by atoms with Crippen molar-refractivity contribution in [3.05, 3.63) is 17.0 Å². The molecular weight excluding hydrogens is 252 g/mol. The average Bonchev–Trinajstić information content (AvgIpc) is 2.27. The summed E-state index contributed by atoms with van der Waals surface area (Å²) in [5, 5.41) is 3.28. The molecule has 1 amide bonds. The van der Waals surface area contributed by atoms with Crippen LogP contribution in [0.1, 0.15) is 26.3 Å². The summed E-state index contributed by atoms with van der Waals surface area (Å²) < 4.78 is 0. The fourth-order valence-corrected chi connectivity index (χ4v) is 1.93. The van der Waals surface area contributed by atoms with Crippen LogP contribution in [0.15, 0.2) is 6.33 Å². The highest BCUT2D eigenvalue weighted by molar-refractivity contribution is 6.30. The Hall–Kier alpha value is -1.36. The fraction of sp³-hybridized carbons (Fsp3) is 0.583. The number of amides is 1. The van der Waals surface area contributed by atoms with Crippen LogP contribution in [0, 0.1) is 0 Å². The summed E-state index contributed by atoms with van der Waals surface area (Å²) in [5.41, 5.74) is 0.860. The van der Waals surface area contributed by atoms with Gasteiger partial charge in [-0.1, -0.05) is 18.5 Å². The molecule has 1 rings (SSSR count). The van der Waals surface area contributed by atoms with E-state index in [9.17, 15) is 4.79 Å². The molecule has 6 heteroatoms. The van der Waals surface area contributed by atoms with Crippen molar-refractivity contribution < 1.29 is 4.79 Å². The molecule has 0 aliphatic rings. The van der Waals surface area contributed by atoms with Crippen molar-refractivity contribution in [1.82, 2.24) is 15.3 Å². The predicted molar refractivity (Wildman–Crippen MR) is 73.0 cm³/mol. The second-order valence-corrected chi connectivity index (χ2v) is 4.76. The van der Waals surface area contributed by atoms with Crippen LogP contribution in [0.25, 0.3) is 0 Å². The van der Waals surface area contributed by atoms with Crippen LogP contribution in [-0.4, -0.2) is 35.5 Å². The SMILES string of the molecule is CCc1c(Cl)ncnc1N(C)CC(=O)NC(C)C. The summed E-state index contributed by atoms with van der Waals surface area (Å²) in [7, 11) is 1.82. The maximum absolute atomic E-state index is 11.7. The number of carbonyl (C=O) groups excluding carboxylic acids is 1. The Morgan fingerprint density at radius 1 is 1.50 bits per heavy atom. The van der Waals surface area contributed by atoms with E-state index in [4.69, 9.17) is 11.6 Å². The molecule has 0 radical (unpaired) electrons. The number of carbonyl (C=O) groups is 1. The molecule has 0 unspecified atom stereocenters. The maximum atomic E-state index is 11.7.